The number of fused-ring (bicyclic) bond motifs is 1. The van der Waals surface area contributed by atoms with Crippen LogP contribution < -0.4 is 10.6 Å². The van der Waals surface area contributed by atoms with Crippen LogP contribution in [0, 0.1) is 19.3 Å². The van der Waals surface area contributed by atoms with Gasteiger partial charge in [0.05, 0.1) is 10.5 Å². The van der Waals surface area contributed by atoms with Crippen molar-refractivity contribution in [2.24, 2.45) is 0 Å². The summed E-state index contributed by atoms with van der Waals surface area (Å²) < 4.78 is 7.20. The zero-order valence-corrected chi connectivity index (χ0v) is 20.4. The maximum atomic E-state index is 12.7. The van der Waals surface area contributed by atoms with Gasteiger partial charge in [-0.1, -0.05) is 47.1 Å². The highest BCUT2D eigenvalue weighted by molar-refractivity contribution is 6.38. The molecule has 0 bridgehead atoms. The Morgan fingerprint density at radius 1 is 1.19 bits per heavy atom. The molecule has 2 aromatic heterocycles. The molecule has 5 rings (SSSR count). The van der Waals surface area contributed by atoms with Crippen LogP contribution in [0.1, 0.15) is 37.1 Å². The Balaban J connectivity index is 1.35. The van der Waals surface area contributed by atoms with Crippen LogP contribution in [0.5, 0.6) is 0 Å². The number of aryl methyl sites for hydroxylation is 1. The number of carbonyl (C=O) groups excluding carboxylic acids is 2. The van der Waals surface area contributed by atoms with Crippen molar-refractivity contribution in [3.8, 4) is 29.5 Å². The number of para-hydroxylation sites is 1. The van der Waals surface area contributed by atoms with Crippen LogP contribution in [0.3, 0.4) is 0 Å². The molecule has 8 nitrogen and oxygen atoms in total. The lowest BCUT2D eigenvalue weighted by molar-refractivity contribution is -0.130. The van der Waals surface area contributed by atoms with Gasteiger partial charge in [0.15, 0.2) is 0 Å². The Kier molecular flexibility index (Phi) is 6.25. The van der Waals surface area contributed by atoms with E-state index in [1.165, 1.54) is 0 Å². The summed E-state index contributed by atoms with van der Waals surface area (Å²) in [6.07, 6.45) is 7.04. The van der Waals surface area contributed by atoms with Gasteiger partial charge < -0.3 is 19.7 Å². The Morgan fingerprint density at radius 2 is 1.94 bits per heavy atom. The summed E-state index contributed by atoms with van der Waals surface area (Å²) in [5.74, 6) is 2.91. The Morgan fingerprint density at radius 3 is 2.61 bits per heavy atom. The Hall–Kier alpha value is -4.09. The molecular weight excluding hydrogens is 478 g/mol. The van der Waals surface area contributed by atoms with Crippen molar-refractivity contribution in [2.45, 2.75) is 44.7 Å². The molecule has 2 N–H and O–H groups in total. The normalized spacial score (nSPS) is 13.8. The van der Waals surface area contributed by atoms with Crippen LogP contribution in [0.2, 0.25) is 5.02 Å². The van der Waals surface area contributed by atoms with Crippen molar-refractivity contribution in [2.75, 3.05) is 0 Å². The van der Waals surface area contributed by atoms with Crippen molar-refractivity contribution in [3.05, 3.63) is 65.0 Å². The Bertz CT molecular complexity index is 1490. The third-order valence-electron chi connectivity index (χ3n) is 6.26. The monoisotopic (exact) mass is 501 g/mol. The average molecular weight is 502 g/mol. The first-order valence-corrected chi connectivity index (χ1v) is 12.0. The van der Waals surface area contributed by atoms with Crippen LogP contribution in [-0.4, -0.2) is 32.1 Å². The number of aromatic nitrogens is 3. The fraction of sp³-hybridized carbons (Fsp3) is 0.259. The summed E-state index contributed by atoms with van der Waals surface area (Å²) in [6, 6.07) is 15.6. The van der Waals surface area contributed by atoms with E-state index in [-0.39, 0.29) is 18.2 Å². The number of nitrogens with zero attached hydrogens (tertiary/aromatic N) is 3. The summed E-state index contributed by atoms with van der Waals surface area (Å²) in [6.45, 7) is 2.07. The maximum absolute atomic E-state index is 12.7. The van der Waals surface area contributed by atoms with Crippen LogP contribution in [0.25, 0.3) is 28.1 Å². The highest BCUT2D eigenvalue weighted by Crippen LogP contribution is 2.39. The van der Waals surface area contributed by atoms with Gasteiger partial charge in [-0.3, -0.25) is 9.59 Å². The molecule has 0 spiro atoms. The average Bonchev–Trinajstić information content (AvgIpc) is 3.45. The standard InChI is InChI=1S/C27H24ClN5O3/c1-3-4-9-22(34)31-27(14-15-27)26(35)29-16-18-10-12-19(13-11-18)33-21-8-6-5-7-20(21)23(28)24(33)25-30-17(2)36-32-25/h1,5-8,10-13H,4,9,14-16H2,2H3,(H,29,35)(H,31,34). The van der Waals surface area contributed by atoms with Crippen molar-refractivity contribution in [3.63, 3.8) is 0 Å². The SMILES string of the molecule is C#CCCC(=O)NC1(C(=O)NCc2ccc(-n3c(-c4noc(C)n4)c(Cl)c4ccccc43)cc2)CC1. The van der Waals surface area contributed by atoms with E-state index in [9.17, 15) is 9.59 Å². The molecule has 4 aromatic rings. The van der Waals surface area contributed by atoms with Gasteiger partial charge >= 0.3 is 0 Å². The van der Waals surface area contributed by atoms with E-state index in [4.69, 9.17) is 22.5 Å². The van der Waals surface area contributed by atoms with Gasteiger partial charge in [-0.25, -0.2) is 0 Å². The minimum atomic E-state index is -0.815. The molecule has 1 aliphatic carbocycles. The van der Waals surface area contributed by atoms with Crippen molar-refractivity contribution in [1.82, 2.24) is 25.3 Å². The highest BCUT2D eigenvalue weighted by atomic mass is 35.5. The molecule has 0 aliphatic heterocycles. The van der Waals surface area contributed by atoms with Crippen molar-refractivity contribution in [1.29, 1.82) is 0 Å². The van der Waals surface area contributed by atoms with Crippen molar-refractivity contribution >= 4 is 34.3 Å². The van der Waals surface area contributed by atoms with E-state index in [1.54, 1.807) is 6.92 Å². The smallest absolute Gasteiger partial charge is 0.246 e. The molecule has 2 aromatic carbocycles. The first-order valence-electron chi connectivity index (χ1n) is 11.6. The van der Waals surface area contributed by atoms with Crippen LogP contribution in [0.4, 0.5) is 0 Å². The van der Waals surface area contributed by atoms with E-state index in [0.29, 0.717) is 48.2 Å². The van der Waals surface area contributed by atoms with Gasteiger partial charge in [0.25, 0.3) is 0 Å². The number of hydrogen-bond donors (Lipinski definition) is 2. The second-order valence-electron chi connectivity index (χ2n) is 8.84. The third kappa shape index (κ3) is 4.45. The van der Waals surface area contributed by atoms with Crippen LogP contribution in [-0.2, 0) is 16.1 Å². The number of amides is 2. The van der Waals surface area contributed by atoms with E-state index < -0.39 is 5.54 Å². The number of benzene rings is 2. The minimum absolute atomic E-state index is 0.182. The molecule has 1 saturated carbocycles. The Labute approximate surface area is 213 Å². The lowest BCUT2D eigenvalue weighted by Gasteiger charge is -2.17. The van der Waals surface area contributed by atoms with Gasteiger partial charge in [-0.05, 0) is 36.6 Å². The molecule has 0 atom stereocenters. The number of carbonyl (C=O) groups is 2. The van der Waals surface area contributed by atoms with E-state index in [1.807, 2.05) is 53.1 Å². The quantitative estimate of drug-likeness (QED) is 0.350. The molecule has 36 heavy (non-hydrogen) atoms. The first-order chi connectivity index (χ1) is 17.4. The van der Waals surface area contributed by atoms with Gasteiger partial charge in [-0.15, -0.1) is 12.3 Å². The van der Waals surface area contributed by atoms with E-state index in [2.05, 4.69) is 26.7 Å². The molecular formula is C27H24ClN5O3. The number of hydrogen-bond acceptors (Lipinski definition) is 5. The molecule has 2 heterocycles. The molecule has 182 valence electrons. The summed E-state index contributed by atoms with van der Waals surface area (Å²) in [7, 11) is 0. The largest absolute Gasteiger partial charge is 0.350 e. The first kappa shape index (κ1) is 23.6. The van der Waals surface area contributed by atoms with Gasteiger partial charge in [-0.2, -0.15) is 4.98 Å². The van der Waals surface area contributed by atoms with Gasteiger partial charge in [0.1, 0.15) is 11.2 Å². The second kappa shape index (κ2) is 9.51. The number of nitrogens with one attached hydrogen (secondary N) is 2. The molecule has 0 saturated heterocycles. The second-order valence-corrected chi connectivity index (χ2v) is 9.21. The third-order valence-corrected chi connectivity index (χ3v) is 6.64. The molecule has 0 unspecified atom stereocenters. The fourth-order valence-electron chi connectivity index (χ4n) is 4.23. The molecule has 1 fully saturated rings. The number of rotatable bonds is 8. The number of halogens is 1. The van der Waals surface area contributed by atoms with Crippen LogP contribution in [0.15, 0.2) is 53.1 Å². The maximum Gasteiger partial charge on any atom is 0.246 e. The number of terminal acetylenes is 1. The zero-order chi connectivity index (χ0) is 25.3. The summed E-state index contributed by atoms with van der Waals surface area (Å²) in [5.41, 5.74) is 2.53. The lowest BCUT2D eigenvalue weighted by atomic mass is 10.1. The molecule has 0 radical (unpaired) electrons. The highest BCUT2D eigenvalue weighted by Gasteiger charge is 2.50. The predicted octanol–water partition coefficient (Wildman–Crippen LogP) is 4.32. The molecule has 1 aliphatic rings. The summed E-state index contributed by atoms with van der Waals surface area (Å²) in [4.78, 5) is 29.1. The van der Waals surface area contributed by atoms with E-state index in [0.717, 1.165) is 22.2 Å². The zero-order valence-electron chi connectivity index (χ0n) is 19.7. The van der Waals surface area contributed by atoms with Gasteiger partial charge in [0.2, 0.25) is 23.5 Å². The topological polar surface area (TPSA) is 102 Å². The lowest BCUT2D eigenvalue weighted by Crippen LogP contribution is -2.48. The summed E-state index contributed by atoms with van der Waals surface area (Å²) in [5, 5.41) is 11.3. The summed E-state index contributed by atoms with van der Waals surface area (Å²) >= 11 is 6.75. The molecule has 2 amide bonds. The predicted molar refractivity (Wildman–Crippen MR) is 136 cm³/mol. The van der Waals surface area contributed by atoms with E-state index >= 15 is 0 Å². The minimum Gasteiger partial charge on any atom is -0.350 e. The molecule has 9 heteroatoms. The van der Waals surface area contributed by atoms with Crippen LogP contribution >= 0.6 is 11.6 Å². The van der Waals surface area contributed by atoms with Gasteiger partial charge in [0, 0.05) is 37.4 Å². The van der Waals surface area contributed by atoms with Crippen molar-refractivity contribution < 1.29 is 14.1 Å². The fourth-order valence-corrected chi connectivity index (χ4v) is 4.55.